The van der Waals surface area contributed by atoms with Gasteiger partial charge in [0, 0.05) is 26.2 Å². The van der Waals surface area contributed by atoms with Gasteiger partial charge in [-0.2, -0.15) is 5.10 Å². The largest absolute Gasteiger partial charge is 0.330 e. The Morgan fingerprint density at radius 1 is 1.62 bits per heavy atom. The zero-order chi connectivity index (χ0) is 11.7. The first-order valence-corrected chi connectivity index (χ1v) is 6.51. The first-order chi connectivity index (χ1) is 7.61. The average molecular weight is 287 g/mol. The van der Waals surface area contributed by atoms with Gasteiger partial charge in [0.2, 0.25) is 0 Å². The van der Waals surface area contributed by atoms with E-state index in [9.17, 15) is 0 Å². The van der Waals surface area contributed by atoms with E-state index in [2.05, 4.69) is 32.9 Å². The molecular weight excluding hydrogens is 268 g/mol. The van der Waals surface area contributed by atoms with Gasteiger partial charge in [-0.25, -0.2) is 0 Å². The van der Waals surface area contributed by atoms with Crippen molar-refractivity contribution in [3.8, 4) is 0 Å². The Bertz CT molecular complexity index is 343. The molecule has 0 amide bonds. The highest BCUT2D eigenvalue weighted by Gasteiger charge is 2.28. The van der Waals surface area contributed by atoms with Crippen LogP contribution in [0.5, 0.6) is 0 Å². The van der Waals surface area contributed by atoms with E-state index in [0.717, 1.165) is 24.1 Å². The van der Waals surface area contributed by atoms with Gasteiger partial charge in [0.15, 0.2) is 0 Å². The summed E-state index contributed by atoms with van der Waals surface area (Å²) in [4.78, 5) is 2.49. The van der Waals surface area contributed by atoms with Gasteiger partial charge in [-0.1, -0.05) is 0 Å². The SMILES string of the molecule is CC1CC(CN)CN1Cc1c(Br)cnn1C. The lowest BCUT2D eigenvalue weighted by molar-refractivity contribution is 0.248. The second-order valence-electron chi connectivity index (χ2n) is 4.68. The van der Waals surface area contributed by atoms with Gasteiger partial charge in [-0.3, -0.25) is 9.58 Å². The first kappa shape index (κ1) is 12.1. The third-order valence-corrected chi connectivity index (χ3v) is 4.15. The maximum absolute atomic E-state index is 5.74. The second-order valence-corrected chi connectivity index (χ2v) is 5.53. The van der Waals surface area contributed by atoms with Crippen molar-refractivity contribution in [3.05, 3.63) is 16.4 Å². The van der Waals surface area contributed by atoms with Crippen molar-refractivity contribution in [2.45, 2.75) is 25.9 Å². The van der Waals surface area contributed by atoms with Gasteiger partial charge in [0.05, 0.1) is 16.4 Å². The lowest BCUT2D eigenvalue weighted by Crippen LogP contribution is -2.28. The van der Waals surface area contributed by atoms with Crippen LogP contribution in [0.3, 0.4) is 0 Å². The van der Waals surface area contributed by atoms with Gasteiger partial charge in [-0.15, -0.1) is 0 Å². The van der Waals surface area contributed by atoms with E-state index in [4.69, 9.17) is 5.73 Å². The maximum atomic E-state index is 5.74. The predicted octanol–water partition coefficient (Wildman–Crippen LogP) is 1.35. The highest BCUT2D eigenvalue weighted by Crippen LogP contribution is 2.26. The molecule has 5 heteroatoms. The third kappa shape index (κ3) is 2.31. The standard InChI is InChI=1S/C11H19BrN4/c1-8-3-9(4-13)6-16(8)7-11-10(12)5-14-15(11)2/h5,8-9H,3-4,6-7,13H2,1-2H3. The Hall–Kier alpha value is -0.390. The maximum Gasteiger partial charge on any atom is 0.0663 e. The lowest BCUT2D eigenvalue weighted by atomic mass is 10.1. The highest BCUT2D eigenvalue weighted by molar-refractivity contribution is 9.10. The molecule has 0 radical (unpaired) electrons. The summed E-state index contributed by atoms with van der Waals surface area (Å²) in [5.74, 6) is 0.655. The number of halogens is 1. The summed E-state index contributed by atoms with van der Waals surface area (Å²) in [6, 6.07) is 0.621. The molecule has 16 heavy (non-hydrogen) atoms. The van der Waals surface area contributed by atoms with Crippen LogP contribution in [0, 0.1) is 5.92 Å². The van der Waals surface area contributed by atoms with Gasteiger partial charge in [0.1, 0.15) is 0 Å². The molecule has 1 aromatic heterocycles. The topological polar surface area (TPSA) is 47.1 Å². The molecule has 0 aliphatic carbocycles. The van der Waals surface area contributed by atoms with Crippen LogP contribution in [-0.2, 0) is 13.6 Å². The van der Waals surface area contributed by atoms with Gasteiger partial charge in [0.25, 0.3) is 0 Å². The summed E-state index contributed by atoms with van der Waals surface area (Å²) in [7, 11) is 1.99. The van der Waals surface area contributed by atoms with Gasteiger partial charge < -0.3 is 5.73 Å². The fourth-order valence-corrected chi connectivity index (χ4v) is 2.89. The number of aromatic nitrogens is 2. The smallest absolute Gasteiger partial charge is 0.0663 e. The van der Waals surface area contributed by atoms with Crippen molar-refractivity contribution in [2.75, 3.05) is 13.1 Å². The Balaban J connectivity index is 2.05. The summed E-state index contributed by atoms with van der Waals surface area (Å²) in [5, 5.41) is 4.24. The summed E-state index contributed by atoms with van der Waals surface area (Å²) in [5.41, 5.74) is 6.98. The van der Waals surface area contributed by atoms with Crippen molar-refractivity contribution in [3.63, 3.8) is 0 Å². The van der Waals surface area contributed by atoms with Crippen molar-refractivity contribution < 1.29 is 0 Å². The molecule has 1 aliphatic rings. The van der Waals surface area contributed by atoms with Crippen LogP contribution in [0.1, 0.15) is 19.0 Å². The van der Waals surface area contributed by atoms with E-state index in [1.54, 1.807) is 0 Å². The summed E-state index contributed by atoms with van der Waals surface area (Å²) in [6.45, 7) is 5.14. The third-order valence-electron chi connectivity index (χ3n) is 3.49. The molecule has 1 aliphatic heterocycles. The van der Waals surface area contributed by atoms with Crippen LogP contribution in [0.2, 0.25) is 0 Å². The molecule has 2 heterocycles. The summed E-state index contributed by atoms with van der Waals surface area (Å²) >= 11 is 3.54. The molecule has 2 rings (SSSR count). The minimum absolute atomic E-state index is 0.621. The molecule has 1 aromatic rings. The molecule has 0 aromatic carbocycles. The van der Waals surface area contributed by atoms with Gasteiger partial charge >= 0.3 is 0 Å². The van der Waals surface area contributed by atoms with E-state index >= 15 is 0 Å². The minimum atomic E-state index is 0.621. The van der Waals surface area contributed by atoms with E-state index in [-0.39, 0.29) is 0 Å². The van der Waals surface area contributed by atoms with Crippen LogP contribution in [0.4, 0.5) is 0 Å². The normalized spacial score (nSPS) is 26.5. The molecule has 0 spiro atoms. The van der Waals surface area contributed by atoms with E-state index in [1.165, 1.54) is 12.1 Å². The number of aryl methyl sites for hydroxylation is 1. The zero-order valence-corrected chi connectivity index (χ0v) is 11.4. The van der Waals surface area contributed by atoms with Crippen LogP contribution in [0.15, 0.2) is 10.7 Å². The molecule has 90 valence electrons. The lowest BCUT2D eigenvalue weighted by Gasteiger charge is -2.21. The Morgan fingerprint density at radius 2 is 2.38 bits per heavy atom. The minimum Gasteiger partial charge on any atom is -0.330 e. The van der Waals surface area contributed by atoms with Crippen LogP contribution >= 0.6 is 15.9 Å². The fraction of sp³-hybridized carbons (Fsp3) is 0.727. The number of nitrogens with two attached hydrogens (primary N) is 1. The monoisotopic (exact) mass is 286 g/mol. The Morgan fingerprint density at radius 3 is 2.88 bits per heavy atom. The zero-order valence-electron chi connectivity index (χ0n) is 9.86. The van der Waals surface area contributed by atoms with Crippen LogP contribution in [-0.4, -0.2) is 33.8 Å². The number of likely N-dealkylation sites (tertiary alicyclic amines) is 1. The average Bonchev–Trinajstić information content (AvgIpc) is 2.76. The molecule has 4 nitrogen and oxygen atoms in total. The molecule has 0 saturated carbocycles. The predicted molar refractivity (Wildman–Crippen MR) is 67.9 cm³/mol. The molecular formula is C11H19BrN4. The van der Waals surface area contributed by atoms with Crippen LogP contribution in [0.25, 0.3) is 0 Å². The number of hydrogen-bond donors (Lipinski definition) is 1. The van der Waals surface area contributed by atoms with Crippen molar-refractivity contribution in [2.24, 2.45) is 18.7 Å². The number of nitrogens with zero attached hydrogens (tertiary/aromatic N) is 3. The van der Waals surface area contributed by atoms with Crippen molar-refractivity contribution >= 4 is 15.9 Å². The Labute approximate surface area is 105 Å². The van der Waals surface area contributed by atoms with E-state index in [1.807, 2.05) is 17.9 Å². The molecule has 2 N–H and O–H groups in total. The second kappa shape index (κ2) is 4.85. The Kier molecular flexibility index (Phi) is 3.66. The molecule has 0 bridgehead atoms. The van der Waals surface area contributed by atoms with Crippen molar-refractivity contribution in [1.29, 1.82) is 0 Å². The van der Waals surface area contributed by atoms with E-state index in [0.29, 0.717) is 12.0 Å². The van der Waals surface area contributed by atoms with Gasteiger partial charge in [-0.05, 0) is 41.7 Å². The highest BCUT2D eigenvalue weighted by atomic mass is 79.9. The molecule has 2 unspecified atom stereocenters. The number of rotatable bonds is 3. The first-order valence-electron chi connectivity index (χ1n) is 5.72. The molecule has 2 atom stereocenters. The number of hydrogen-bond acceptors (Lipinski definition) is 3. The van der Waals surface area contributed by atoms with Crippen LogP contribution < -0.4 is 5.73 Å². The summed E-state index contributed by atoms with van der Waals surface area (Å²) in [6.07, 6.45) is 3.07. The van der Waals surface area contributed by atoms with Crippen molar-refractivity contribution in [1.82, 2.24) is 14.7 Å². The molecule has 1 saturated heterocycles. The van der Waals surface area contributed by atoms with E-state index < -0.39 is 0 Å². The molecule has 1 fully saturated rings. The summed E-state index contributed by atoms with van der Waals surface area (Å²) < 4.78 is 3.03. The quantitative estimate of drug-likeness (QED) is 0.913. The fourth-order valence-electron chi connectivity index (χ4n) is 2.42.